The van der Waals surface area contributed by atoms with Crippen LogP contribution in [0.25, 0.3) is 0 Å². The van der Waals surface area contributed by atoms with E-state index in [1.165, 1.54) is 10.7 Å². The third-order valence-corrected chi connectivity index (χ3v) is 5.79. The number of benzene rings is 1. The first-order valence-corrected chi connectivity index (χ1v) is 11.1. The van der Waals surface area contributed by atoms with E-state index in [0.717, 1.165) is 18.2 Å². The molecule has 0 aliphatic carbocycles. The highest BCUT2D eigenvalue weighted by Gasteiger charge is 2.58. The Hall–Kier alpha value is -3.58. The van der Waals surface area contributed by atoms with Crippen molar-refractivity contribution < 1.29 is 47.5 Å². The summed E-state index contributed by atoms with van der Waals surface area (Å²) in [5, 5.41) is 15.4. The lowest BCUT2D eigenvalue weighted by molar-refractivity contribution is -0.460. The predicted octanol–water partition coefficient (Wildman–Crippen LogP) is 2.16. The molecule has 2 fully saturated rings. The summed E-state index contributed by atoms with van der Waals surface area (Å²) in [6, 6.07) is 4.45. The zero-order valence-corrected chi connectivity index (χ0v) is 19.8. The molecule has 0 spiro atoms. The van der Waals surface area contributed by atoms with E-state index in [-0.39, 0.29) is 41.0 Å². The SMILES string of the molecule is CC(C)(C)CCn1nc(CC2C(=O)ON3OC(=O)CC2(O)C(=O)O3)cc1OCc1cc(F)ccc1F. The van der Waals surface area contributed by atoms with E-state index >= 15 is 0 Å². The van der Waals surface area contributed by atoms with Crippen LogP contribution in [0.5, 0.6) is 5.88 Å². The summed E-state index contributed by atoms with van der Waals surface area (Å²) in [6.07, 6.45) is -0.491. The van der Waals surface area contributed by atoms with Gasteiger partial charge in [-0.1, -0.05) is 20.8 Å². The first kappa shape index (κ1) is 25.5. The Labute approximate surface area is 204 Å². The molecular weight excluding hydrogens is 484 g/mol. The zero-order valence-electron chi connectivity index (χ0n) is 19.8. The maximum atomic E-state index is 14.1. The van der Waals surface area contributed by atoms with Crippen molar-refractivity contribution in [2.75, 3.05) is 0 Å². The van der Waals surface area contributed by atoms with Crippen LogP contribution < -0.4 is 4.74 Å². The molecule has 1 aromatic heterocycles. The van der Waals surface area contributed by atoms with E-state index < -0.39 is 47.5 Å². The van der Waals surface area contributed by atoms with Crippen molar-refractivity contribution in [2.24, 2.45) is 11.3 Å². The molecular formula is C23H25F2N3O8. The average molecular weight is 509 g/mol. The first-order valence-electron chi connectivity index (χ1n) is 11.1. The number of aryl methyl sites for hydroxylation is 1. The molecule has 36 heavy (non-hydrogen) atoms. The van der Waals surface area contributed by atoms with Crippen molar-refractivity contribution in [1.29, 1.82) is 0 Å². The van der Waals surface area contributed by atoms with E-state index in [1.54, 1.807) is 0 Å². The molecule has 3 atom stereocenters. The van der Waals surface area contributed by atoms with Crippen LogP contribution in [0.1, 0.15) is 44.9 Å². The highest BCUT2D eigenvalue weighted by atomic mass is 19.1. The molecule has 11 nitrogen and oxygen atoms in total. The monoisotopic (exact) mass is 509 g/mol. The van der Waals surface area contributed by atoms with Gasteiger partial charge in [0.05, 0.1) is 12.1 Å². The number of nitrogens with zero attached hydrogens (tertiary/aromatic N) is 3. The molecule has 0 radical (unpaired) electrons. The molecule has 2 bridgehead atoms. The fourth-order valence-corrected chi connectivity index (χ4v) is 3.74. The molecule has 0 amide bonds. The van der Waals surface area contributed by atoms with E-state index in [0.29, 0.717) is 13.0 Å². The van der Waals surface area contributed by atoms with Crippen LogP contribution in [0, 0.1) is 23.0 Å². The van der Waals surface area contributed by atoms with Gasteiger partial charge in [0.25, 0.3) is 0 Å². The highest BCUT2D eigenvalue weighted by molar-refractivity contribution is 5.93. The summed E-state index contributed by atoms with van der Waals surface area (Å²) in [7, 11) is 0. The van der Waals surface area contributed by atoms with Gasteiger partial charge >= 0.3 is 17.9 Å². The minimum Gasteiger partial charge on any atom is -0.473 e. The lowest BCUT2D eigenvalue weighted by Gasteiger charge is -2.26. The molecule has 2 aliphatic heterocycles. The number of ether oxygens (including phenoxy) is 1. The summed E-state index contributed by atoms with van der Waals surface area (Å²) < 4.78 is 34.8. The molecule has 194 valence electrons. The summed E-state index contributed by atoms with van der Waals surface area (Å²) in [5.41, 5.74) is -2.42. The number of hydrogen-bond donors (Lipinski definition) is 1. The second kappa shape index (κ2) is 9.47. The van der Waals surface area contributed by atoms with E-state index in [2.05, 4.69) is 14.8 Å². The fraction of sp³-hybridized carbons (Fsp3) is 0.478. The van der Waals surface area contributed by atoms with Crippen LogP contribution in [0.4, 0.5) is 8.78 Å². The standard InChI is InChI=1S/C23H25F2N3O8/c1-22(2,3)6-7-27-18(33-12-13-8-14(24)4-5-17(13)25)10-15(26-27)9-16-20(30)35-28-34-19(29)11-23(16,32)21(31)36-28/h4-5,8,10,16,32H,6-7,9,11-12H2,1-3H3. The molecule has 1 N–H and O–H groups in total. The Kier molecular flexibility index (Phi) is 6.71. The second-order valence-electron chi connectivity index (χ2n) is 9.87. The van der Waals surface area contributed by atoms with Gasteiger partial charge in [0.15, 0.2) is 5.60 Å². The largest absolute Gasteiger partial charge is 0.473 e. The summed E-state index contributed by atoms with van der Waals surface area (Å²) in [5.74, 6) is -6.05. The van der Waals surface area contributed by atoms with Crippen molar-refractivity contribution in [3.05, 3.63) is 47.2 Å². The average Bonchev–Trinajstić information content (AvgIpc) is 3.09. The number of aliphatic hydroxyl groups is 1. The molecule has 3 unspecified atom stereocenters. The number of carbonyl (C=O) groups is 3. The van der Waals surface area contributed by atoms with Crippen molar-refractivity contribution >= 4 is 17.9 Å². The zero-order chi connectivity index (χ0) is 26.3. The van der Waals surface area contributed by atoms with Gasteiger partial charge in [-0.15, -0.1) is 0 Å². The quantitative estimate of drug-likeness (QED) is 0.593. The molecule has 2 aromatic rings. The topological polar surface area (TPSA) is 129 Å². The van der Waals surface area contributed by atoms with Crippen LogP contribution in [0.3, 0.4) is 0 Å². The maximum absolute atomic E-state index is 14.1. The van der Waals surface area contributed by atoms with Crippen molar-refractivity contribution in [3.8, 4) is 5.88 Å². The number of aromatic nitrogens is 2. The predicted molar refractivity (Wildman–Crippen MR) is 114 cm³/mol. The first-order chi connectivity index (χ1) is 16.8. The van der Waals surface area contributed by atoms with Gasteiger partial charge in [0.1, 0.15) is 24.2 Å². The summed E-state index contributed by atoms with van der Waals surface area (Å²) in [4.78, 5) is 50.8. The molecule has 4 rings (SSSR count). The summed E-state index contributed by atoms with van der Waals surface area (Å²) >= 11 is 0. The number of halogens is 2. The molecule has 2 saturated heterocycles. The number of fused-ring (bicyclic) bond motifs is 3. The number of rotatable bonds is 7. The van der Waals surface area contributed by atoms with Gasteiger partial charge in [-0.25, -0.2) is 27.8 Å². The van der Waals surface area contributed by atoms with Crippen molar-refractivity contribution in [1.82, 2.24) is 15.2 Å². The van der Waals surface area contributed by atoms with Gasteiger partial charge in [0.2, 0.25) is 11.3 Å². The molecule has 0 saturated carbocycles. The number of hydrogen-bond acceptors (Lipinski definition) is 10. The minimum atomic E-state index is -2.56. The number of carbonyl (C=O) groups excluding carboxylic acids is 3. The van der Waals surface area contributed by atoms with Crippen LogP contribution in [-0.2, 0) is 48.5 Å². The van der Waals surface area contributed by atoms with E-state index in [4.69, 9.17) is 9.57 Å². The Balaban J connectivity index is 1.61. The normalized spacial score (nSPS) is 24.0. The molecule has 1 aromatic carbocycles. The molecule has 13 heteroatoms. The Morgan fingerprint density at radius 1 is 1.17 bits per heavy atom. The fourth-order valence-electron chi connectivity index (χ4n) is 3.74. The van der Waals surface area contributed by atoms with Crippen molar-refractivity contribution in [2.45, 2.75) is 58.8 Å². The van der Waals surface area contributed by atoms with Gasteiger partial charge in [-0.05, 0) is 30.0 Å². The van der Waals surface area contributed by atoms with Crippen LogP contribution >= 0.6 is 0 Å². The van der Waals surface area contributed by atoms with Gasteiger partial charge in [0, 0.05) is 24.6 Å². The van der Waals surface area contributed by atoms with Crippen LogP contribution in [0.2, 0.25) is 0 Å². The maximum Gasteiger partial charge on any atom is 0.365 e. The van der Waals surface area contributed by atoms with Crippen LogP contribution in [0.15, 0.2) is 24.3 Å². The minimum absolute atomic E-state index is 0.00895. The van der Waals surface area contributed by atoms with Gasteiger partial charge < -0.3 is 14.7 Å². The molecule has 2 aliphatic rings. The summed E-state index contributed by atoms with van der Waals surface area (Å²) in [6.45, 7) is 6.16. The molecule has 3 heterocycles. The Morgan fingerprint density at radius 2 is 1.92 bits per heavy atom. The third kappa shape index (κ3) is 5.46. The van der Waals surface area contributed by atoms with E-state index in [9.17, 15) is 28.3 Å². The van der Waals surface area contributed by atoms with Crippen LogP contribution in [-0.4, -0.2) is 43.8 Å². The van der Waals surface area contributed by atoms with Gasteiger partial charge in [-0.3, -0.25) is 9.68 Å². The third-order valence-electron chi connectivity index (χ3n) is 5.79. The van der Waals surface area contributed by atoms with Crippen molar-refractivity contribution in [3.63, 3.8) is 0 Å². The lowest BCUT2D eigenvalue weighted by atomic mass is 9.81. The van der Waals surface area contributed by atoms with E-state index in [1.807, 2.05) is 20.8 Å². The lowest BCUT2D eigenvalue weighted by Crippen LogP contribution is -2.50. The smallest absolute Gasteiger partial charge is 0.365 e. The van der Waals surface area contributed by atoms with Gasteiger partial charge in [-0.2, -0.15) is 5.10 Å². The second-order valence-corrected chi connectivity index (χ2v) is 9.87. The Morgan fingerprint density at radius 3 is 2.64 bits per heavy atom. The highest BCUT2D eigenvalue weighted by Crippen LogP contribution is 2.35. The Bertz CT molecular complexity index is 1190.